The number of aryl methyl sites for hydroxylation is 1. The van der Waals surface area contributed by atoms with E-state index in [0.29, 0.717) is 17.9 Å². The highest BCUT2D eigenvalue weighted by atomic mass is 16.5. The van der Waals surface area contributed by atoms with Gasteiger partial charge in [0.1, 0.15) is 0 Å². The number of amides is 3. The Labute approximate surface area is 153 Å². The molecule has 2 N–H and O–H groups in total. The average molecular weight is 366 g/mol. The zero-order valence-corrected chi connectivity index (χ0v) is 15.8. The van der Waals surface area contributed by atoms with Crippen LogP contribution in [0.1, 0.15) is 32.8 Å². The summed E-state index contributed by atoms with van der Waals surface area (Å²) < 4.78 is 15.6. The van der Waals surface area contributed by atoms with Gasteiger partial charge in [-0.05, 0) is 38.8 Å². The van der Waals surface area contributed by atoms with Crippen molar-refractivity contribution < 1.29 is 28.6 Å². The Kier molecular flexibility index (Phi) is 8.41. The predicted octanol–water partition coefficient (Wildman–Crippen LogP) is 1.80. The summed E-state index contributed by atoms with van der Waals surface area (Å²) in [7, 11) is 3.06. The summed E-state index contributed by atoms with van der Waals surface area (Å²) in [5, 5.41) is 4.64. The van der Waals surface area contributed by atoms with Gasteiger partial charge in [0.25, 0.3) is 5.91 Å². The highest BCUT2D eigenvalue weighted by molar-refractivity contribution is 5.97. The summed E-state index contributed by atoms with van der Waals surface area (Å²) in [4.78, 5) is 35.3. The molecule has 1 aromatic carbocycles. The summed E-state index contributed by atoms with van der Waals surface area (Å²) in [6, 6.07) is 4.63. The molecule has 0 spiro atoms. The molecule has 0 heterocycles. The number of esters is 1. The van der Waals surface area contributed by atoms with Crippen LogP contribution in [-0.4, -0.2) is 44.3 Å². The number of hydrogen-bond acceptors (Lipinski definition) is 6. The van der Waals surface area contributed by atoms with E-state index in [1.165, 1.54) is 21.1 Å². The second-order valence-electron chi connectivity index (χ2n) is 5.90. The summed E-state index contributed by atoms with van der Waals surface area (Å²) >= 11 is 0. The fourth-order valence-corrected chi connectivity index (χ4v) is 2.21. The second-order valence-corrected chi connectivity index (χ2v) is 5.90. The molecule has 0 aliphatic heterocycles. The maximum Gasteiger partial charge on any atom is 0.321 e. The van der Waals surface area contributed by atoms with Crippen molar-refractivity contribution in [2.45, 2.75) is 45.8 Å². The Morgan fingerprint density at radius 1 is 1.08 bits per heavy atom. The fourth-order valence-electron chi connectivity index (χ4n) is 2.21. The molecule has 0 aliphatic carbocycles. The number of carbonyl (C=O) groups is 3. The minimum Gasteiger partial charge on any atom is -0.493 e. The lowest BCUT2D eigenvalue weighted by Crippen LogP contribution is -2.46. The van der Waals surface area contributed by atoms with Crippen LogP contribution in [0.25, 0.3) is 0 Å². The minimum absolute atomic E-state index is 0.0549. The van der Waals surface area contributed by atoms with E-state index in [1.807, 2.05) is 6.07 Å². The molecule has 0 bridgehead atoms. The van der Waals surface area contributed by atoms with Gasteiger partial charge in [-0.3, -0.25) is 14.9 Å². The van der Waals surface area contributed by atoms with Gasteiger partial charge < -0.3 is 19.5 Å². The highest BCUT2D eigenvalue weighted by Gasteiger charge is 2.20. The van der Waals surface area contributed by atoms with E-state index in [2.05, 4.69) is 10.6 Å². The van der Waals surface area contributed by atoms with Crippen molar-refractivity contribution in [2.24, 2.45) is 0 Å². The maximum atomic E-state index is 12.0. The lowest BCUT2D eigenvalue weighted by molar-refractivity contribution is -0.154. The number of ether oxygens (including phenoxy) is 3. The number of hydrogen-bond donors (Lipinski definition) is 2. The van der Waals surface area contributed by atoms with Crippen LogP contribution in [0.4, 0.5) is 4.79 Å². The second kappa shape index (κ2) is 10.3. The first-order chi connectivity index (χ1) is 12.3. The molecule has 1 atom stereocenters. The van der Waals surface area contributed by atoms with Gasteiger partial charge in [0, 0.05) is 12.5 Å². The molecule has 3 amide bonds. The molecule has 1 aromatic rings. The number of nitrogens with one attached hydrogen (secondary N) is 2. The zero-order chi connectivity index (χ0) is 19.7. The first kappa shape index (κ1) is 21.3. The van der Waals surface area contributed by atoms with Gasteiger partial charge in [0.05, 0.1) is 14.2 Å². The van der Waals surface area contributed by atoms with Gasteiger partial charge in [0.2, 0.25) is 0 Å². The van der Waals surface area contributed by atoms with Gasteiger partial charge in [-0.25, -0.2) is 4.79 Å². The lowest BCUT2D eigenvalue weighted by atomic mass is 10.1. The van der Waals surface area contributed by atoms with Crippen LogP contribution >= 0.6 is 0 Å². The van der Waals surface area contributed by atoms with Gasteiger partial charge in [-0.1, -0.05) is 12.1 Å². The minimum atomic E-state index is -1.08. The van der Waals surface area contributed by atoms with Crippen LogP contribution in [0.15, 0.2) is 18.2 Å². The van der Waals surface area contributed by atoms with Crippen molar-refractivity contribution in [2.75, 3.05) is 14.2 Å². The Hall–Kier alpha value is -2.77. The van der Waals surface area contributed by atoms with E-state index in [1.54, 1.807) is 26.0 Å². The van der Waals surface area contributed by atoms with E-state index in [0.717, 1.165) is 5.56 Å². The molecule has 144 valence electrons. The van der Waals surface area contributed by atoms with E-state index >= 15 is 0 Å². The quantitative estimate of drug-likeness (QED) is 0.680. The Morgan fingerprint density at radius 2 is 1.77 bits per heavy atom. The molecule has 0 aliphatic rings. The number of para-hydroxylation sites is 1. The van der Waals surface area contributed by atoms with Crippen molar-refractivity contribution in [3.8, 4) is 11.5 Å². The lowest BCUT2D eigenvalue weighted by Gasteiger charge is -2.15. The third kappa shape index (κ3) is 6.62. The Morgan fingerprint density at radius 3 is 2.35 bits per heavy atom. The van der Waals surface area contributed by atoms with Gasteiger partial charge in [-0.2, -0.15) is 0 Å². The first-order valence-corrected chi connectivity index (χ1v) is 8.29. The molecule has 0 aromatic heterocycles. The molecule has 8 nitrogen and oxygen atoms in total. The fraction of sp³-hybridized carbons (Fsp3) is 0.500. The van der Waals surface area contributed by atoms with Gasteiger partial charge in [-0.15, -0.1) is 0 Å². The van der Waals surface area contributed by atoms with Crippen LogP contribution in [0.2, 0.25) is 0 Å². The van der Waals surface area contributed by atoms with Crippen molar-refractivity contribution in [3.05, 3.63) is 23.8 Å². The van der Waals surface area contributed by atoms with Crippen molar-refractivity contribution in [3.63, 3.8) is 0 Å². The molecule has 1 rings (SSSR count). The topological polar surface area (TPSA) is 103 Å². The third-order valence-corrected chi connectivity index (χ3v) is 3.42. The smallest absolute Gasteiger partial charge is 0.321 e. The van der Waals surface area contributed by atoms with Crippen LogP contribution < -0.4 is 20.1 Å². The molecule has 0 saturated carbocycles. The van der Waals surface area contributed by atoms with Gasteiger partial charge in [0.15, 0.2) is 17.6 Å². The van der Waals surface area contributed by atoms with Crippen molar-refractivity contribution in [1.82, 2.24) is 10.6 Å². The normalized spacial score (nSPS) is 11.5. The molecule has 26 heavy (non-hydrogen) atoms. The van der Waals surface area contributed by atoms with E-state index in [9.17, 15) is 14.4 Å². The highest BCUT2D eigenvalue weighted by Crippen LogP contribution is 2.31. The average Bonchev–Trinajstić information content (AvgIpc) is 2.58. The van der Waals surface area contributed by atoms with Crippen LogP contribution in [0, 0.1) is 0 Å². The number of rotatable bonds is 8. The summed E-state index contributed by atoms with van der Waals surface area (Å²) in [6.07, 6.45) is -0.659. The monoisotopic (exact) mass is 366 g/mol. The molecule has 0 radical (unpaired) electrons. The number of carbonyl (C=O) groups excluding carboxylic acids is 3. The summed E-state index contributed by atoms with van der Waals surface area (Å²) in [6.45, 7) is 4.93. The zero-order valence-electron chi connectivity index (χ0n) is 15.8. The molecule has 8 heteroatoms. The maximum absolute atomic E-state index is 12.0. The van der Waals surface area contributed by atoms with Crippen molar-refractivity contribution >= 4 is 17.9 Å². The third-order valence-electron chi connectivity index (χ3n) is 3.42. The first-order valence-electron chi connectivity index (χ1n) is 8.29. The molecule has 0 unspecified atom stereocenters. The van der Waals surface area contributed by atoms with Crippen LogP contribution in [0.5, 0.6) is 11.5 Å². The number of methoxy groups -OCH3 is 2. The van der Waals surface area contributed by atoms with Crippen LogP contribution in [0.3, 0.4) is 0 Å². The summed E-state index contributed by atoms with van der Waals surface area (Å²) in [5.74, 6) is -0.113. The van der Waals surface area contributed by atoms with E-state index in [-0.39, 0.29) is 12.5 Å². The molecular formula is C18H26N2O6. The number of urea groups is 1. The number of imide groups is 1. The SMILES string of the molecule is COc1cccc(CCC(=O)O[C@@H](C)C(=O)NC(=O)NC(C)C)c1OC. The van der Waals surface area contributed by atoms with E-state index < -0.39 is 24.0 Å². The van der Waals surface area contributed by atoms with Crippen LogP contribution in [-0.2, 0) is 20.7 Å². The standard InChI is InChI=1S/C18H26N2O6/c1-11(2)19-18(23)20-17(22)12(3)26-15(21)10-9-13-7-6-8-14(24-4)16(13)25-5/h6-8,11-12H,9-10H2,1-5H3,(H2,19,20,22,23)/t12-/m0/s1. The van der Waals surface area contributed by atoms with E-state index in [4.69, 9.17) is 14.2 Å². The Balaban J connectivity index is 2.54. The molecule has 0 saturated heterocycles. The molecule has 0 fully saturated rings. The molecular weight excluding hydrogens is 340 g/mol. The number of benzene rings is 1. The van der Waals surface area contributed by atoms with Crippen molar-refractivity contribution in [1.29, 1.82) is 0 Å². The predicted molar refractivity (Wildman–Crippen MR) is 95.2 cm³/mol. The largest absolute Gasteiger partial charge is 0.493 e. The Bertz CT molecular complexity index is 645. The summed E-state index contributed by atoms with van der Waals surface area (Å²) in [5.41, 5.74) is 0.789. The van der Waals surface area contributed by atoms with Gasteiger partial charge >= 0.3 is 12.0 Å².